The summed E-state index contributed by atoms with van der Waals surface area (Å²) in [6.45, 7) is 12.1. The Balaban J connectivity index is 2.75. The second kappa shape index (κ2) is 11.2. The molecule has 148 valence electrons. The molecule has 1 N–H and O–H groups in total. The molecule has 5 nitrogen and oxygen atoms in total. The largest absolute Gasteiger partial charge is 0.491 e. The van der Waals surface area contributed by atoms with Crippen LogP contribution >= 0.6 is 0 Å². The number of methoxy groups -OCH3 is 1. The molecule has 0 aliphatic heterocycles. The van der Waals surface area contributed by atoms with Gasteiger partial charge in [-0.2, -0.15) is 0 Å². The molecule has 0 heterocycles. The van der Waals surface area contributed by atoms with Crippen molar-refractivity contribution >= 4 is 11.6 Å². The maximum atomic E-state index is 13.0. The van der Waals surface area contributed by atoms with Gasteiger partial charge in [-0.3, -0.25) is 4.79 Å². The van der Waals surface area contributed by atoms with Gasteiger partial charge in [0.1, 0.15) is 18.0 Å². The maximum absolute atomic E-state index is 13.0. The van der Waals surface area contributed by atoms with Crippen LogP contribution in [-0.2, 0) is 14.3 Å². The Morgan fingerprint density at radius 3 is 2.08 bits per heavy atom. The van der Waals surface area contributed by atoms with Gasteiger partial charge in [0.05, 0.1) is 6.61 Å². The summed E-state index contributed by atoms with van der Waals surface area (Å²) in [5.41, 5.74) is -0.0734. The van der Waals surface area contributed by atoms with Crippen LogP contribution < -0.4 is 10.1 Å². The van der Waals surface area contributed by atoms with Crippen LogP contribution in [0.25, 0.3) is 0 Å². The molecule has 1 aromatic carbocycles. The van der Waals surface area contributed by atoms with Crippen molar-refractivity contribution in [3.05, 3.63) is 24.3 Å². The number of carbonyl (C=O) groups is 1. The zero-order chi connectivity index (χ0) is 19.6. The van der Waals surface area contributed by atoms with Gasteiger partial charge in [-0.15, -0.1) is 0 Å². The predicted octanol–water partition coefficient (Wildman–Crippen LogP) is 4.52. The molecule has 0 atom stereocenters. The molecule has 5 heteroatoms. The van der Waals surface area contributed by atoms with Gasteiger partial charge in [-0.25, -0.2) is 0 Å². The van der Waals surface area contributed by atoms with Gasteiger partial charge in [0.25, 0.3) is 5.91 Å². The van der Waals surface area contributed by atoms with Crippen molar-refractivity contribution in [2.45, 2.75) is 53.1 Å². The standard InChI is InChI=1S/C21H35NO4/c1-7-25-12-13-26-19-10-8-18(9-11-19)22-20(23)21(24-6,14-16(2)3)15-17(4)5/h8-11,16-17H,7,12-15H2,1-6H3,(H,22,23). The Bertz CT molecular complexity index is 515. The summed E-state index contributed by atoms with van der Waals surface area (Å²) < 4.78 is 16.6. The summed E-state index contributed by atoms with van der Waals surface area (Å²) in [7, 11) is 1.62. The maximum Gasteiger partial charge on any atom is 0.256 e. The zero-order valence-electron chi connectivity index (χ0n) is 17.1. The smallest absolute Gasteiger partial charge is 0.256 e. The van der Waals surface area contributed by atoms with Crippen molar-refractivity contribution < 1.29 is 19.0 Å². The Morgan fingerprint density at radius 2 is 1.62 bits per heavy atom. The average Bonchev–Trinajstić information content (AvgIpc) is 2.58. The topological polar surface area (TPSA) is 56.8 Å². The number of nitrogens with one attached hydrogen (secondary N) is 1. The van der Waals surface area contributed by atoms with Gasteiger partial charge in [0.15, 0.2) is 0 Å². The van der Waals surface area contributed by atoms with Crippen LogP contribution in [0.4, 0.5) is 5.69 Å². The van der Waals surface area contributed by atoms with Crippen LogP contribution in [0.1, 0.15) is 47.5 Å². The van der Waals surface area contributed by atoms with E-state index in [9.17, 15) is 4.79 Å². The van der Waals surface area contributed by atoms with Crippen LogP contribution in [0.2, 0.25) is 0 Å². The fourth-order valence-corrected chi connectivity index (χ4v) is 3.09. The molecule has 0 fully saturated rings. The molecule has 1 aromatic rings. The summed E-state index contributed by atoms with van der Waals surface area (Å²) in [4.78, 5) is 13.0. The lowest BCUT2D eigenvalue weighted by Crippen LogP contribution is -2.46. The van der Waals surface area contributed by atoms with Crippen molar-refractivity contribution in [2.24, 2.45) is 11.8 Å². The van der Waals surface area contributed by atoms with E-state index in [0.717, 1.165) is 11.4 Å². The monoisotopic (exact) mass is 365 g/mol. The first-order valence-electron chi connectivity index (χ1n) is 9.50. The van der Waals surface area contributed by atoms with E-state index in [-0.39, 0.29) is 5.91 Å². The molecule has 0 unspecified atom stereocenters. The fraction of sp³-hybridized carbons (Fsp3) is 0.667. The van der Waals surface area contributed by atoms with Crippen molar-refractivity contribution in [2.75, 3.05) is 32.2 Å². The number of hydrogen-bond acceptors (Lipinski definition) is 4. The molecule has 0 aliphatic rings. The van der Waals surface area contributed by atoms with E-state index in [1.165, 1.54) is 0 Å². The van der Waals surface area contributed by atoms with Crippen LogP contribution in [-0.4, -0.2) is 38.4 Å². The van der Waals surface area contributed by atoms with Crippen molar-refractivity contribution in [3.8, 4) is 5.75 Å². The van der Waals surface area contributed by atoms with E-state index in [1.54, 1.807) is 7.11 Å². The average molecular weight is 366 g/mol. The van der Waals surface area contributed by atoms with Gasteiger partial charge < -0.3 is 19.5 Å². The number of benzene rings is 1. The molecule has 0 bridgehead atoms. The first kappa shape index (κ1) is 22.5. The number of hydrogen-bond donors (Lipinski definition) is 1. The molecule has 0 radical (unpaired) electrons. The van der Waals surface area contributed by atoms with Crippen LogP contribution in [0, 0.1) is 11.8 Å². The molecule has 0 spiro atoms. The molecule has 1 rings (SSSR count). The summed E-state index contributed by atoms with van der Waals surface area (Å²) in [6, 6.07) is 7.39. The first-order valence-corrected chi connectivity index (χ1v) is 9.50. The molecule has 26 heavy (non-hydrogen) atoms. The summed E-state index contributed by atoms with van der Waals surface area (Å²) in [5, 5.41) is 3.00. The normalized spacial score (nSPS) is 11.8. The quantitative estimate of drug-likeness (QED) is 0.553. The Morgan fingerprint density at radius 1 is 1.04 bits per heavy atom. The van der Waals surface area contributed by atoms with Gasteiger partial charge in [0.2, 0.25) is 0 Å². The third-order valence-corrected chi connectivity index (χ3v) is 4.09. The summed E-state index contributed by atoms with van der Waals surface area (Å²) in [6.07, 6.45) is 1.37. The lowest BCUT2D eigenvalue weighted by atomic mass is 9.84. The molecule has 0 aliphatic carbocycles. The minimum Gasteiger partial charge on any atom is -0.491 e. The third kappa shape index (κ3) is 7.34. The van der Waals surface area contributed by atoms with Gasteiger partial charge in [-0.05, 0) is 55.9 Å². The van der Waals surface area contributed by atoms with Crippen LogP contribution in [0.5, 0.6) is 5.75 Å². The number of carbonyl (C=O) groups excluding carboxylic acids is 1. The van der Waals surface area contributed by atoms with Crippen molar-refractivity contribution in [3.63, 3.8) is 0 Å². The molecule has 0 saturated heterocycles. The first-order chi connectivity index (χ1) is 12.3. The number of anilines is 1. The molecule has 1 amide bonds. The summed E-state index contributed by atoms with van der Waals surface area (Å²) >= 11 is 0. The SMILES string of the molecule is CCOCCOc1ccc(NC(=O)C(CC(C)C)(CC(C)C)OC)cc1. The zero-order valence-corrected chi connectivity index (χ0v) is 17.1. The Kier molecular flexibility index (Phi) is 9.66. The van der Waals surface area contributed by atoms with Crippen molar-refractivity contribution in [1.29, 1.82) is 0 Å². The van der Waals surface area contributed by atoms with Gasteiger partial charge in [0, 0.05) is 19.4 Å². The van der Waals surface area contributed by atoms with Crippen molar-refractivity contribution in [1.82, 2.24) is 0 Å². The second-order valence-electron chi connectivity index (χ2n) is 7.42. The number of amides is 1. The summed E-state index contributed by atoms with van der Waals surface area (Å²) in [5.74, 6) is 1.39. The van der Waals surface area contributed by atoms with Crippen LogP contribution in [0.3, 0.4) is 0 Å². The van der Waals surface area contributed by atoms with Gasteiger partial charge in [-0.1, -0.05) is 27.7 Å². The van der Waals surface area contributed by atoms with Gasteiger partial charge >= 0.3 is 0 Å². The second-order valence-corrected chi connectivity index (χ2v) is 7.42. The van der Waals surface area contributed by atoms with Crippen LogP contribution in [0.15, 0.2) is 24.3 Å². The highest BCUT2D eigenvalue weighted by Crippen LogP contribution is 2.30. The molecular weight excluding hydrogens is 330 g/mol. The predicted molar refractivity (Wildman–Crippen MR) is 106 cm³/mol. The van der Waals surface area contributed by atoms with E-state index in [2.05, 4.69) is 33.0 Å². The minimum absolute atomic E-state index is 0.0904. The van der Waals surface area contributed by atoms with E-state index in [1.807, 2.05) is 31.2 Å². The fourth-order valence-electron chi connectivity index (χ4n) is 3.09. The van der Waals surface area contributed by atoms with E-state index in [0.29, 0.717) is 44.5 Å². The van der Waals surface area contributed by atoms with E-state index in [4.69, 9.17) is 14.2 Å². The lowest BCUT2D eigenvalue weighted by molar-refractivity contribution is -0.142. The molecule has 0 aromatic heterocycles. The Labute approximate surface area is 158 Å². The van der Waals surface area contributed by atoms with E-state index >= 15 is 0 Å². The molecular formula is C21H35NO4. The number of ether oxygens (including phenoxy) is 3. The number of rotatable bonds is 12. The third-order valence-electron chi connectivity index (χ3n) is 4.09. The molecule has 0 saturated carbocycles. The van der Waals surface area contributed by atoms with E-state index < -0.39 is 5.60 Å². The minimum atomic E-state index is -0.811. The highest BCUT2D eigenvalue weighted by atomic mass is 16.5. The lowest BCUT2D eigenvalue weighted by Gasteiger charge is -2.34. The Hall–Kier alpha value is -1.59. The highest BCUT2D eigenvalue weighted by Gasteiger charge is 2.39. The highest BCUT2D eigenvalue weighted by molar-refractivity contribution is 5.97.